The van der Waals surface area contributed by atoms with Gasteiger partial charge in [-0.25, -0.2) is 0 Å². The van der Waals surface area contributed by atoms with Crippen molar-refractivity contribution in [3.05, 3.63) is 29.3 Å². The van der Waals surface area contributed by atoms with E-state index in [1.807, 2.05) is 18.2 Å². The Morgan fingerprint density at radius 3 is 3.00 bits per heavy atom. The molecule has 1 unspecified atom stereocenters. The molecule has 0 saturated carbocycles. The van der Waals surface area contributed by atoms with Gasteiger partial charge in [0.1, 0.15) is 11.8 Å². The topological polar surface area (TPSA) is 54.3 Å². The standard InChI is InChI=1S/C15H20N2O2/c1-18-15-6-5-12(8-13(15)9-16)10-19-11-14-4-2-3-7-17-14/h5-6,8,14,17H,2-4,7,10-11H2,1H3. The van der Waals surface area contributed by atoms with Gasteiger partial charge >= 0.3 is 0 Å². The molecule has 0 spiro atoms. The second-order valence-electron chi connectivity index (χ2n) is 4.81. The number of nitriles is 1. The molecule has 0 aliphatic carbocycles. The van der Waals surface area contributed by atoms with Crippen molar-refractivity contribution in [1.29, 1.82) is 5.26 Å². The summed E-state index contributed by atoms with van der Waals surface area (Å²) in [6.45, 7) is 2.36. The third kappa shape index (κ3) is 3.95. The SMILES string of the molecule is COc1ccc(COCC2CCCCN2)cc1C#N. The van der Waals surface area contributed by atoms with Crippen molar-refractivity contribution >= 4 is 0 Å². The minimum Gasteiger partial charge on any atom is -0.495 e. The second kappa shape index (κ2) is 7.13. The molecule has 4 nitrogen and oxygen atoms in total. The Kier molecular flexibility index (Phi) is 5.20. The average Bonchev–Trinajstić information content (AvgIpc) is 2.48. The second-order valence-corrected chi connectivity index (χ2v) is 4.81. The lowest BCUT2D eigenvalue weighted by Crippen LogP contribution is -2.37. The van der Waals surface area contributed by atoms with Gasteiger partial charge in [0.2, 0.25) is 0 Å². The van der Waals surface area contributed by atoms with Gasteiger partial charge in [-0.2, -0.15) is 5.26 Å². The molecule has 0 aromatic heterocycles. The molecule has 1 atom stereocenters. The first-order chi connectivity index (χ1) is 9.33. The molecule has 4 heteroatoms. The van der Waals surface area contributed by atoms with Crippen molar-refractivity contribution in [3.63, 3.8) is 0 Å². The molecule has 1 heterocycles. The lowest BCUT2D eigenvalue weighted by molar-refractivity contribution is 0.0911. The van der Waals surface area contributed by atoms with Gasteiger partial charge in [0, 0.05) is 6.04 Å². The Hall–Kier alpha value is -1.57. The van der Waals surface area contributed by atoms with Gasteiger partial charge in [0.25, 0.3) is 0 Å². The molecule has 0 bridgehead atoms. The first kappa shape index (κ1) is 13.9. The van der Waals surface area contributed by atoms with Gasteiger partial charge in [0.15, 0.2) is 0 Å². The summed E-state index contributed by atoms with van der Waals surface area (Å²) < 4.78 is 10.8. The zero-order valence-corrected chi connectivity index (χ0v) is 11.3. The highest BCUT2D eigenvalue weighted by Gasteiger charge is 2.12. The minimum absolute atomic E-state index is 0.474. The smallest absolute Gasteiger partial charge is 0.136 e. The van der Waals surface area contributed by atoms with Crippen molar-refractivity contribution in [2.45, 2.75) is 31.9 Å². The van der Waals surface area contributed by atoms with E-state index in [2.05, 4.69) is 11.4 Å². The molecule has 0 radical (unpaired) electrons. The summed E-state index contributed by atoms with van der Waals surface area (Å²) in [6, 6.07) is 8.19. The summed E-state index contributed by atoms with van der Waals surface area (Å²) >= 11 is 0. The maximum Gasteiger partial charge on any atom is 0.136 e. The van der Waals surface area contributed by atoms with Gasteiger partial charge in [-0.15, -0.1) is 0 Å². The van der Waals surface area contributed by atoms with E-state index in [4.69, 9.17) is 14.7 Å². The van der Waals surface area contributed by atoms with Crippen LogP contribution in [0.15, 0.2) is 18.2 Å². The van der Waals surface area contributed by atoms with E-state index in [-0.39, 0.29) is 0 Å². The molecule has 1 aliphatic rings. The summed E-state index contributed by atoms with van der Waals surface area (Å²) in [7, 11) is 1.57. The predicted molar refractivity (Wildman–Crippen MR) is 73.0 cm³/mol. The molecule has 2 rings (SSSR count). The van der Waals surface area contributed by atoms with E-state index in [1.165, 1.54) is 19.3 Å². The van der Waals surface area contributed by atoms with Crippen LogP contribution in [0.4, 0.5) is 0 Å². The summed E-state index contributed by atoms with van der Waals surface area (Å²) in [5, 5.41) is 12.5. The Balaban J connectivity index is 1.84. The first-order valence-electron chi connectivity index (χ1n) is 6.71. The maximum atomic E-state index is 9.02. The molecule has 1 aliphatic heterocycles. The number of nitrogens with one attached hydrogen (secondary N) is 1. The molecule has 1 fully saturated rings. The summed E-state index contributed by atoms with van der Waals surface area (Å²) in [6.07, 6.45) is 3.73. The van der Waals surface area contributed by atoms with Gasteiger partial charge in [0.05, 0.1) is 25.9 Å². The monoisotopic (exact) mass is 260 g/mol. The maximum absolute atomic E-state index is 9.02. The number of piperidine rings is 1. The van der Waals surface area contributed by atoms with Crippen LogP contribution in [0.2, 0.25) is 0 Å². The third-order valence-corrected chi connectivity index (χ3v) is 3.38. The molecule has 19 heavy (non-hydrogen) atoms. The lowest BCUT2D eigenvalue weighted by atomic mass is 10.1. The Morgan fingerprint density at radius 2 is 2.32 bits per heavy atom. The van der Waals surface area contributed by atoms with Gasteiger partial charge < -0.3 is 14.8 Å². The highest BCUT2D eigenvalue weighted by atomic mass is 16.5. The van der Waals surface area contributed by atoms with Gasteiger partial charge in [-0.3, -0.25) is 0 Å². The highest BCUT2D eigenvalue weighted by molar-refractivity contribution is 5.45. The number of rotatable bonds is 5. The molecular weight excluding hydrogens is 240 g/mol. The Labute approximate surface area is 114 Å². The summed E-state index contributed by atoms with van der Waals surface area (Å²) in [5.74, 6) is 0.611. The fraction of sp³-hybridized carbons (Fsp3) is 0.533. The Bertz CT molecular complexity index is 448. The van der Waals surface area contributed by atoms with Crippen molar-refractivity contribution in [2.75, 3.05) is 20.3 Å². The quantitative estimate of drug-likeness (QED) is 0.882. The van der Waals surface area contributed by atoms with Crippen LogP contribution in [0.25, 0.3) is 0 Å². The zero-order chi connectivity index (χ0) is 13.5. The molecule has 1 aromatic rings. The van der Waals surface area contributed by atoms with Crippen LogP contribution in [0, 0.1) is 11.3 Å². The Morgan fingerprint density at radius 1 is 1.42 bits per heavy atom. The predicted octanol–water partition coefficient (Wildman–Crippen LogP) is 2.23. The van der Waals surface area contributed by atoms with E-state index in [9.17, 15) is 0 Å². The molecule has 102 valence electrons. The molecule has 1 aromatic carbocycles. The van der Waals surface area contributed by atoms with Crippen molar-refractivity contribution < 1.29 is 9.47 Å². The third-order valence-electron chi connectivity index (χ3n) is 3.38. The number of hydrogen-bond acceptors (Lipinski definition) is 4. The van der Waals surface area contributed by atoms with Gasteiger partial charge in [-0.1, -0.05) is 12.5 Å². The minimum atomic E-state index is 0.474. The number of methoxy groups -OCH3 is 1. The average molecular weight is 260 g/mol. The molecule has 0 amide bonds. The molecular formula is C15H20N2O2. The van der Waals surface area contributed by atoms with E-state index in [1.54, 1.807) is 7.11 Å². The van der Waals surface area contributed by atoms with Crippen molar-refractivity contribution in [2.24, 2.45) is 0 Å². The van der Waals surface area contributed by atoms with Crippen LogP contribution >= 0.6 is 0 Å². The van der Waals surface area contributed by atoms with Crippen LogP contribution in [0.5, 0.6) is 5.75 Å². The van der Waals surface area contributed by atoms with Crippen LogP contribution in [0.1, 0.15) is 30.4 Å². The molecule has 1 saturated heterocycles. The largest absolute Gasteiger partial charge is 0.495 e. The van der Waals surface area contributed by atoms with Crippen LogP contribution in [-0.2, 0) is 11.3 Å². The van der Waals surface area contributed by atoms with Crippen molar-refractivity contribution in [3.8, 4) is 11.8 Å². The highest BCUT2D eigenvalue weighted by Crippen LogP contribution is 2.19. The molecule has 1 N–H and O–H groups in total. The van der Waals surface area contributed by atoms with Gasteiger partial charge in [-0.05, 0) is 37.1 Å². The number of nitrogens with zero attached hydrogens (tertiary/aromatic N) is 1. The lowest BCUT2D eigenvalue weighted by Gasteiger charge is -2.23. The van der Waals surface area contributed by atoms with E-state index in [0.717, 1.165) is 18.7 Å². The van der Waals surface area contributed by atoms with Crippen LogP contribution in [0.3, 0.4) is 0 Å². The summed E-state index contributed by atoms with van der Waals surface area (Å²) in [4.78, 5) is 0. The number of hydrogen-bond donors (Lipinski definition) is 1. The normalized spacial score (nSPS) is 18.8. The van der Waals surface area contributed by atoms with Crippen LogP contribution < -0.4 is 10.1 Å². The summed E-state index contributed by atoms with van der Waals surface area (Å²) in [5.41, 5.74) is 1.56. The van der Waals surface area contributed by atoms with Crippen molar-refractivity contribution in [1.82, 2.24) is 5.32 Å². The fourth-order valence-electron chi connectivity index (χ4n) is 2.32. The van der Waals surface area contributed by atoms with E-state index >= 15 is 0 Å². The number of benzene rings is 1. The first-order valence-corrected chi connectivity index (χ1v) is 6.71. The fourth-order valence-corrected chi connectivity index (χ4v) is 2.32. The van der Waals surface area contributed by atoms with E-state index < -0.39 is 0 Å². The van der Waals surface area contributed by atoms with Crippen LogP contribution in [-0.4, -0.2) is 26.3 Å². The zero-order valence-electron chi connectivity index (χ0n) is 11.3. The van der Waals surface area contributed by atoms with E-state index in [0.29, 0.717) is 24.0 Å². The number of ether oxygens (including phenoxy) is 2.